The SMILES string of the molecule is CC1(Cn2nc(C3CC3)c(C(F)(F)F)c2C(=O)Nc2cncc([S@@](C)(=N)=O)c2)CC(F)(F)C1. The third-order valence-electron chi connectivity index (χ3n) is 5.77. The van der Waals surface area contributed by atoms with E-state index in [9.17, 15) is 31.0 Å². The summed E-state index contributed by atoms with van der Waals surface area (Å²) in [6.07, 6.45) is -1.46. The molecule has 0 saturated heterocycles. The van der Waals surface area contributed by atoms with E-state index in [1.807, 2.05) is 0 Å². The highest BCUT2D eigenvalue weighted by molar-refractivity contribution is 7.91. The largest absolute Gasteiger partial charge is 0.420 e. The maximum absolute atomic E-state index is 14.1. The van der Waals surface area contributed by atoms with Gasteiger partial charge in [-0.05, 0) is 24.3 Å². The highest BCUT2D eigenvalue weighted by Gasteiger charge is 2.55. The number of rotatable bonds is 6. The van der Waals surface area contributed by atoms with E-state index in [4.69, 9.17) is 4.78 Å². The zero-order valence-corrected chi connectivity index (χ0v) is 18.6. The molecular weight excluding hydrogens is 469 g/mol. The number of hydrogen-bond acceptors (Lipinski definition) is 5. The van der Waals surface area contributed by atoms with Crippen molar-refractivity contribution < 1.29 is 31.0 Å². The molecular formula is C20H22F5N5O2S. The van der Waals surface area contributed by atoms with Crippen LogP contribution < -0.4 is 5.32 Å². The van der Waals surface area contributed by atoms with Gasteiger partial charge in [-0.3, -0.25) is 14.5 Å². The van der Waals surface area contributed by atoms with Crippen molar-refractivity contribution >= 4 is 21.3 Å². The van der Waals surface area contributed by atoms with Crippen molar-refractivity contribution in [1.29, 1.82) is 4.78 Å². The van der Waals surface area contributed by atoms with E-state index in [2.05, 4.69) is 15.4 Å². The average molecular weight is 491 g/mol. The Bertz CT molecular complexity index is 1210. The first-order valence-electron chi connectivity index (χ1n) is 10.1. The van der Waals surface area contributed by atoms with Crippen LogP contribution in [0.15, 0.2) is 23.4 Å². The fourth-order valence-electron chi connectivity index (χ4n) is 4.31. The van der Waals surface area contributed by atoms with Crippen LogP contribution in [0, 0.1) is 10.2 Å². The average Bonchev–Trinajstić information content (AvgIpc) is 3.39. The van der Waals surface area contributed by atoms with Crippen LogP contribution in [0.5, 0.6) is 0 Å². The van der Waals surface area contributed by atoms with Crippen LogP contribution in [0.2, 0.25) is 0 Å². The maximum atomic E-state index is 14.1. The summed E-state index contributed by atoms with van der Waals surface area (Å²) in [5, 5.41) is 6.39. The third kappa shape index (κ3) is 4.87. The molecule has 2 heterocycles. The van der Waals surface area contributed by atoms with Crippen LogP contribution in [0.3, 0.4) is 0 Å². The van der Waals surface area contributed by atoms with Gasteiger partial charge in [0, 0.05) is 37.8 Å². The topological polar surface area (TPSA) is 101 Å². The number of amides is 1. The molecule has 2 aromatic heterocycles. The van der Waals surface area contributed by atoms with Gasteiger partial charge < -0.3 is 5.32 Å². The number of alkyl halides is 5. The molecule has 0 aliphatic heterocycles. The number of aromatic nitrogens is 3. The molecule has 0 bridgehead atoms. The van der Waals surface area contributed by atoms with Gasteiger partial charge in [0.25, 0.3) is 5.91 Å². The van der Waals surface area contributed by atoms with Gasteiger partial charge in [-0.2, -0.15) is 18.3 Å². The number of pyridine rings is 1. The Labute approximate surface area is 186 Å². The monoisotopic (exact) mass is 491 g/mol. The lowest BCUT2D eigenvalue weighted by molar-refractivity contribution is -0.160. The van der Waals surface area contributed by atoms with Crippen molar-refractivity contribution in [3.63, 3.8) is 0 Å². The number of anilines is 1. The molecule has 1 atom stereocenters. The standard InChI is InChI=1S/C20H22F5N5O2S/c1-18(8-19(21,22)9-18)10-30-16(14(20(23,24)25)15(29-30)11-3-4-11)17(31)28-12-5-13(7-27-6-12)33(2,26)32/h5-7,11,26H,3-4,8-10H2,1-2H3,(H,28,31)/t33-/m0/s1. The molecule has 33 heavy (non-hydrogen) atoms. The normalized spacial score (nSPS) is 21.2. The molecule has 13 heteroatoms. The van der Waals surface area contributed by atoms with Crippen LogP contribution >= 0.6 is 0 Å². The van der Waals surface area contributed by atoms with Gasteiger partial charge in [0.2, 0.25) is 5.92 Å². The lowest BCUT2D eigenvalue weighted by atomic mass is 9.67. The van der Waals surface area contributed by atoms with Gasteiger partial charge in [0.15, 0.2) is 0 Å². The number of carbonyl (C=O) groups is 1. The van der Waals surface area contributed by atoms with E-state index in [-0.39, 0.29) is 22.8 Å². The van der Waals surface area contributed by atoms with E-state index in [1.54, 1.807) is 0 Å². The van der Waals surface area contributed by atoms with Crippen LogP contribution in [0.4, 0.5) is 27.6 Å². The molecule has 0 aromatic carbocycles. The first kappa shape index (κ1) is 23.6. The summed E-state index contributed by atoms with van der Waals surface area (Å²) >= 11 is 0. The molecule has 2 N–H and O–H groups in total. The number of nitrogens with zero attached hydrogens (tertiary/aromatic N) is 3. The number of nitrogens with one attached hydrogen (secondary N) is 2. The predicted octanol–water partition coefficient (Wildman–Crippen LogP) is 4.90. The molecule has 180 valence electrons. The van der Waals surface area contributed by atoms with Crippen LogP contribution in [-0.4, -0.2) is 37.1 Å². The van der Waals surface area contributed by atoms with Crippen molar-refractivity contribution in [1.82, 2.24) is 14.8 Å². The van der Waals surface area contributed by atoms with Crippen molar-refractivity contribution in [3.8, 4) is 0 Å². The minimum absolute atomic E-state index is 0.00673. The Balaban J connectivity index is 1.74. The summed E-state index contributed by atoms with van der Waals surface area (Å²) < 4.78 is 89.6. The highest BCUT2D eigenvalue weighted by atomic mass is 32.2. The van der Waals surface area contributed by atoms with Gasteiger partial charge >= 0.3 is 6.18 Å². The minimum Gasteiger partial charge on any atom is -0.319 e. The Kier molecular flexibility index (Phi) is 5.34. The van der Waals surface area contributed by atoms with Crippen LogP contribution in [0.1, 0.15) is 60.3 Å². The van der Waals surface area contributed by atoms with Crippen molar-refractivity contribution in [2.75, 3.05) is 11.6 Å². The molecule has 2 aliphatic carbocycles. The number of carbonyl (C=O) groups excluding carboxylic acids is 1. The van der Waals surface area contributed by atoms with E-state index in [1.165, 1.54) is 19.2 Å². The summed E-state index contributed by atoms with van der Waals surface area (Å²) in [5.74, 6) is -4.47. The zero-order chi connectivity index (χ0) is 24.4. The first-order valence-corrected chi connectivity index (χ1v) is 12.1. The Morgan fingerprint density at radius 3 is 2.45 bits per heavy atom. The fraction of sp³-hybridized carbons (Fsp3) is 0.550. The molecule has 2 fully saturated rings. The molecule has 7 nitrogen and oxygen atoms in total. The summed E-state index contributed by atoms with van der Waals surface area (Å²) in [6, 6.07) is 1.20. The van der Waals surface area contributed by atoms with Gasteiger partial charge in [-0.15, -0.1) is 0 Å². The van der Waals surface area contributed by atoms with E-state index in [0.717, 1.165) is 17.1 Å². The fourth-order valence-corrected chi connectivity index (χ4v) is 4.92. The number of hydrogen-bond donors (Lipinski definition) is 2. The highest BCUT2D eigenvalue weighted by Crippen LogP contribution is 2.53. The summed E-state index contributed by atoms with van der Waals surface area (Å²) in [5.41, 5.74) is -3.23. The quantitative estimate of drug-likeness (QED) is 0.562. The lowest BCUT2D eigenvalue weighted by Gasteiger charge is -2.44. The molecule has 2 saturated carbocycles. The lowest BCUT2D eigenvalue weighted by Crippen LogP contribution is -2.47. The van der Waals surface area contributed by atoms with Gasteiger partial charge in [-0.25, -0.2) is 17.8 Å². The molecule has 2 aliphatic rings. The Morgan fingerprint density at radius 2 is 1.94 bits per heavy atom. The zero-order valence-electron chi connectivity index (χ0n) is 17.8. The first-order chi connectivity index (χ1) is 15.1. The smallest absolute Gasteiger partial charge is 0.319 e. The molecule has 4 rings (SSSR count). The molecule has 0 radical (unpaired) electrons. The summed E-state index contributed by atoms with van der Waals surface area (Å²) in [6.45, 7) is 1.26. The molecule has 0 spiro atoms. The second-order valence-electron chi connectivity index (χ2n) is 9.27. The van der Waals surface area contributed by atoms with E-state index in [0.29, 0.717) is 12.8 Å². The third-order valence-corrected chi connectivity index (χ3v) is 6.89. The van der Waals surface area contributed by atoms with Crippen molar-refractivity contribution in [2.45, 2.75) is 62.1 Å². The van der Waals surface area contributed by atoms with Crippen molar-refractivity contribution in [3.05, 3.63) is 35.4 Å². The Hall–Kier alpha value is -2.57. The van der Waals surface area contributed by atoms with E-state index < -0.39 is 63.2 Å². The molecule has 1 amide bonds. The van der Waals surface area contributed by atoms with Crippen LogP contribution in [-0.2, 0) is 22.5 Å². The predicted molar refractivity (Wildman–Crippen MR) is 109 cm³/mol. The van der Waals surface area contributed by atoms with Crippen molar-refractivity contribution in [2.24, 2.45) is 5.41 Å². The second kappa shape index (κ2) is 7.47. The van der Waals surface area contributed by atoms with Gasteiger partial charge in [0.1, 0.15) is 11.3 Å². The van der Waals surface area contributed by atoms with Crippen LogP contribution in [0.25, 0.3) is 0 Å². The second-order valence-corrected chi connectivity index (χ2v) is 11.4. The maximum Gasteiger partial charge on any atom is 0.420 e. The van der Waals surface area contributed by atoms with Gasteiger partial charge in [0.05, 0.1) is 32.2 Å². The summed E-state index contributed by atoms with van der Waals surface area (Å²) in [4.78, 5) is 16.9. The van der Waals surface area contributed by atoms with E-state index >= 15 is 0 Å². The number of halogens is 5. The molecule has 2 aromatic rings. The summed E-state index contributed by atoms with van der Waals surface area (Å²) in [7, 11) is -3.18. The molecule has 0 unspecified atom stereocenters. The Morgan fingerprint density at radius 1 is 1.30 bits per heavy atom. The van der Waals surface area contributed by atoms with Gasteiger partial charge in [-0.1, -0.05) is 6.92 Å². The minimum atomic E-state index is -4.88.